The van der Waals surface area contributed by atoms with Gasteiger partial charge in [-0.1, -0.05) is 11.6 Å². The summed E-state index contributed by atoms with van der Waals surface area (Å²) in [6.45, 7) is 0.438. The molecule has 0 unspecified atom stereocenters. The molecule has 1 aromatic heterocycles. The molecule has 0 aliphatic rings. The second-order valence-electron chi connectivity index (χ2n) is 3.93. The van der Waals surface area contributed by atoms with Gasteiger partial charge in [-0.25, -0.2) is 0 Å². The number of nitrogens with zero attached hydrogens (tertiary/aromatic N) is 1. The minimum Gasteiger partial charge on any atom is -0.380 e. The van der Waals surface area contributed by atoms with Gasteiger partial charge in [0.2, 0.25) is 0 Å². The molecule has 7 heteroatoms. The Bertz CT molecular complexity index is 658. The van der Waals surface area contributed by atoms with E-state index >= 15 is 0 Å². The Labute approximate surface area is 122 Å². The van der Waals surface area contributed by atoms with Crippen LogP contribution in [0.25, 0.3) is 0 Å². The van der Waals surface area contributed by atoms with Crippen molar-refractivity contribution in [3.63, 3.8) is 0 Å². The summed E-state index contributed by atoms with van der Waals surface area (Å²) in [5, 5.41) is 11.8. The van der Waals surface area contributed by atoms with Crippen molar-refractivity contribution >= 4 is 28.6 Å². The van der Waals surface area contributed by atoms with E-state index in [1.807, 2.05) is 6.07 Å². The van der Waals surface area contributed by atoms with Crippen LogP contribution >= 0.6 is 22.9 Å². The van der Waals surface area contributed by atoms with Gasteiger partial charge < -0.3 is 5.32 Å². The van der Waals surface area contributed by atoms with Gasteiger partial charge >= 0.3 is 6.18 Å². The lowest BCUT2D eigenvalue weighted by atomic mass is 10.1. The summed E-state index contributed by atoms with van der Waals surface area (Å²) < 4.78 is 38.6. The van der Waals surface area contributed by atoms with E-state index in [-0.39, 0.29) is 0 Å². The highest BCUT2D eigenvalue weighted by Gasteiger charge is 2.33. The average Bonchev–Trinajstić information content (AvgIpc) is 2.80. The van der Waals surface area contributed by atoms with Crippen molar-refractivity contribution < 1.29 is 13.2 Å². The number of nitriles is 1. The van der Waals surface area contributed by atoms with Crippen LogP contribution in [0.15, 0.2) is 30.3 Å². The van der Waals surface area contributed by atoms with E-state index in [2.05, 4.69) is 5.32 Å². The third-order valence-electron chi connectivity index (χ3n) is 2.54. The van der Waals surface area contributed by atoms with Gasteiger partial charge in [0.1, 0.15) is 0 Å². The first kappa shape index (κ1) is 14.7. The molecule has 2 nitrogen and oxygen atoms in total. The predicted molar refractivity (Wildman–Crippen MR) is 72.8 cm³/mol. The first-order chi connectivity index (χ1) is 9.40. The van der Waals surface area contributed by atoms with Crippen LogP contribution in [0.4, 0.5) is 18.9 Å². The van der Waals surface area contributed by atoms with E-state index in [9.17, 15) is 13.2 Å². The number of hydrogen-bond acceptors (Lipinski definition) is 3. The summed E-state index contributed by atoms with van der Waals surface area (Å²) in [6, 6.07) is 8.54. The van der Waals surface area contributed by atoms with Crippen molar-refractivity contribution in [2.45, 2.75) is 12.7 Å². The topological polar surface area (TPSA) is 35.8 Å². The van der Waals surface area contributed by atoms with Crippen LogP contribution < -0.4 is 5.32 Å². The summed E-state index contributed by atoms with van der Waals surface area (Å²) in [6.07, 6.45) is -4.52. The second-order valence-corrected chi connectivity index (χ2v) is 5.73. The van der Waals surface area contributed by atoms with Crippen molar-refractivity contribution in [2.75, 3.05) is 5.32 Å². The summed E-state index contributed by atoms with van der Waals surface area (Å²) in [4.78, 5) is 0.952. The fourth-order valence-corrected chi connectivity index (χ4v) is 2.66. The van der Waals surface area contributed by atoms with Gasteiger partial charge in [0.25, 0.3) is 0 Å². The molecule has 104 valence electrons. The molecule has 0 aliphatic heterocycles. The number of hydrogen-bond donors (Lipinski definition) is 1. The third-order valence-corrected chi connectivity index (χ3v) is 3.77. The van der Waals surface area contributed by atoms with Crippen LogP contribution in [0.1, 0.15) is 16.0 Å². The maximum absolute atomic E-state index is 12.6. The highest BCUT2D eigenvalue weighted by atomic mass is 35.5. The Hall–Kier alpha value is -1.71. The normalized spacial score (nSPS) is 11.2. The number of anilines is 1. The molecule has 0 amide bonds. The summed E-state index contributed by atoms with van der Waals surface area (Å²) in [5.41, 5.74) is -0.865. The molecule has 0 saturated carbocycles. The van der Waals surface area contributed by atoms with Gasteiger partial charge in [0.15, 0.2) is 0 Å². The summed E-state index contributed by atoms with van der Waals surface area (Å²) in [5.74, 6) is 0. The number of thiophene rings is 1. The van der Waals surface area contributed by atoms with Crippen LogP contribution in [0.5, 0.6) is 0 Å². The van der Waals surface area contributed by atoms with E-state index in [1.54, 1.807) is 12.1 Å². The second kappa shape index (κ2) is 5.73. The molecule has 0 aliphatic carbocycles. The molecule has 0 spiro atoms. The number of benzene rings is 1. The van der Waals surface area contributed by atoms with Crippen molar-refractivity contribution in [1.29, 1.82) is 5.26 Å². The van der Waals surface area contributed by atoms with Crippen LogP contribution in [-0.2, 0) is 12.7 Å². The van der Waals surface area contributed by atoms with Gasteiger partial charge in [0, 0.05) is 17.1 Å². The smallest absolute Gasteiger partial charge is 0.380 e. The SMILES string of the molecule is N#Cc1cc(NCc2ccc(Cl)s2)ccc1C(F)(F)F. The molecule has 0 fully saturated rings. The average molecular weight is 317 g/mol. The molecule has 0 radical (unpaired) electrons. The Balaban J connectivity index is 2.16. The van der Waals surface area contributed by atoms with Crippen LogP contribution in [0.2, 0.25) is 4.34 Å². The van der Waals surface area contributed by atoms with E-state index in [1.165, 1.54) is 23.5 Å². The van der Waals surface area contributed by atoms with Crippen LogP contribution in [0, 0.1) is 11.3 Å². The molecule has 20 heavy (non-hydrogen) atoms. The van der Waals surface area contributed by atoms with Crippen molar-refractivity contribution in [1.82, 2.24) is 0 Å². The maximum Gasteiger partial charge on any atom is 0.417 e. The summed E-state index contributed by atoms with van der Waals surface area (Å²) >= 11 is 7.17. The van der Waals surface area contributed by atoms with Gasteiger partial charge in [-0.05, 0) is 30.3 Å². The zero-order valence-electron chi connectivity index (χ0n) is 9.96. The largest absolute Gasteiger partial charge is 0.417 e. The lowest BCUT2D eigenvalue weighted by molar-refractivity contribution is -0.137. The molecule has 0 saturated heterocycles. The first-order valence-electron chi connectivity index (χ1n) is 5.49. The lowest BCUT2D eigenvalue weighted by Crippen LogP contribution is -2.08. The van der Waals surface area contributed by atoms with E-state index in [0.29, 0.717) is 16.6 Å². The van der Waals surface area contributed by atoms with Crippen molar-refractivity contribution in [2.24, 2.45) is 0 Å². The number of alkyl halides is 3. The lowest BCUT2D eigenvalue weighted by Gasteiger charge is -2.11. The molecule has 1 N–H and O–H groups in total. The fourth-order valence-electron chi connectivity index (χ4n) is 1.63. The standard InChI is InChI=1S/C13H8ClF3N2S/c14-12-4-2-10(20-12)7-19-9-1-3-11(13(15,16)17)8(5-9)6-18/h1-5,19H,7H2. The predicted octanol–water partition coefficient (Wildman–Crippen LogP) is 4.90. The van der Waals surface area contributed by atoms with E-state index < -0.39 is 17.3 Å². The molecular weight excluding hydrogens is 309 g/mol. The highest BCUT2D eigenvalue weighted by molar-refractivity contribution is 7.16. The van der Waals surface area contributed by atoms with Crippen molar-refractivity contribution in [3.05, 3.63) is 50.7 Å². The first-order valence-corrected chi connectivity index (χ1v) is 6.69. The minimum atomic E-state index is -4.52. The van der Waals surface area contributed by atoms with E-state index in [0.717, 1.165) is 10.9 Å². The minimum absolute atomic E-state index is 0.397. The zero-order valence-corrected chi connectivity index (χ0v) is 11.5. The molecular formula is C13H8ClF3N2S. The summed E-state index contributed by atoms with van der Waals surface area (Å²) in [7, 11) is 0. The monoisotopic (exact) mass is 316 g/mol. The molecule has 1 aromatic carbocycles. The van der Waals surface area contributed by atoms with Gasteiger partial charge in [-0.2, -0.15) is 18.4 Å². The van der Waals surface area contributed by atoms with Gasteiger partial charge in [0.05, 0.1) is 21.5 Å². The number of halogens is 4. The highest BCUT2D eigenvalue weighted by Crippen LogP contribution is 2.33. The third kappa shape index (κ3) is 3.44. The number of nitrogens with one attached hydrogen (secondary N) is 1. The van der Waals surface area contributed by atoms with E-state index in [4.69, 9.17) is 16.9 Å². The molecule has 2 rings (SSSR count). The molecule has 1 heterocycles. The Morgan fingerprint density at radius 2 is 2.00 bits per heavy atom. The molecule has 0 atom stereocenters. The molecule has 2 aromatic rings. The van der Waals surface area contributed by atoms with Gasteiger partial charge in [-0.3, -0.25) is 0 Å². The Morgan fingerprint density at radius 3 is 2.55 bits per heavy atom. The van der Waals surface area contributed by atoms with Crippen LogP contribution in [0.3, 0.4) is 0 Å². The fraction of sp³-hybridized carbons (Fsp3) is 0.154. The number of rotatable bonds is 3. The Kier molecular flexibility index (Phi) is 4.21. The maximum atomic E-state index is 12.6. The quantitative estimate of drug-likeness (QED) is 0.873. The zero-order chi connectivity index (χ0) is 14.8. The van der Waals surface area contributed by atoms with Gasteiger partial charge in [-0.15, -0.1) is 11.3 Å². The van der Waals surface area contributed by atoms with Crippen LogP contribution in [-0.4, -0.2) is 0 Å². The van der Waals surface area contributed by atoms with Crippen molar-refractivity contribution in [3.8, 4) is 6.07 Å². The molecule has 0 bridgehead atoms. The Morgan fingerprint density at radius 1 is 1.25 bits per heavy atom.